The highest BCUT2D eigenvalue weighted by Crippen LogP contribution is 2.20. The van der Waals surface area contributed by atoms with Crippen molar-refractivity contribution < 1.29 is 9.59 Å². The van der Waals surface area contributed by atoms with Crippen molar-refractivity contribution in [3.63, 3.8) is 0 Å². The zero-order valence-electron chi connectivity index (χ0n) is 10.1. The standard InChI is InChI=1S/C13H13N3O2/c1-16-11(17)7-9-6-8(12-14-4-5-15-12)2-3-10(9)13(16)18/h2-3,6H,4-5,7H2,1H3,(H,14,15). The van der Waals surface area contributed by atoms with Crippen LogP contribution in [0.3, 0.4) is 0 Å². The highest BCUT2D eigenvalue weighted by molar-refractivity contribution is 6.10. The number of rotatable bonds is 1. The molecule has 0 aromatic heterocycles. The SMILES string of the molecule is CN1C(=O)Cc2cc(C3=NCCN3)ccc2C1=O. The van der Waals surface area contributed by atoms with Gasteiger partial charge in [-0.1, -0.05) is 6.07 Å². The molecule has 1 aromatic rings. The van der Waals surface area contributed by atoms with Crippen LogP contribution in [0.25, 0.3) is 0 Å². The molecular weight excluding hydrogens is 230 g/mol. The van der Waals surface area contributed by atoms with Crippen LogP contribution in [0.15, 0.2) is 23.2 Å². The molecule has 2 aliphatic rings. The molecule has 5 heteroatoms. The third-order valence-electron chi connectivity index (χ3n) is 3.30. The van der Waals surface area contributed by atoms with Crippen LogP contribution in [0.2, 0.25) is 0 Å². The summed E-state index contributed by atoms with van der Waals surface area (Å²) in [5.74, 6) is 0.455. The van der Waals surface area contributed by atoms with Gasteiger partial charge < -0.3 is 5.32 Å². The van der Waals surface area contributed by atoms with E-state index in [1.807, 2.05) is 12.1 Å². The number of fused-ring (bicyclic) bond motifs is 1. The van der Waals surface area contributed by atoms with Gasteiger partial charge in [0.15, 0.2) is 0 Å². The Morgan fingerprint density at radius 3 is 2.89 bits per heavy atom. The van der Waals surface area contributed by atoms with Crippen LogP contribution in [0.1, 0.15) is 21.5 Å². The van der Waals surface area contributed by atoms with Gasteiger partial charge in [0.2, 0.25) is 5.91 Å². The Labute approximate surface area is 105 Å². The second-order valence-corrected chi connectivity index (χ2v) is 4.46. The molecule has 0 radical (unpaired) electrons. The van der Waals surface area contributed by atoms with Crippen LogP contribution in [-0.2, 0) is 11.2 Å². The fraction of sp³-hybridized carbons (Fsp3) is 0.308. The predicted octanol–water partition coefficient (Wildman–Crippen LogP) is 0.191. The van der Waals surface area contributed by atoms with E-state index in [0.717, 1.165) is 30.1 Å². The molecule has 3 rings (SSSR count). The average molecular weight is 243 g/mol. The van der Waals surface area contributed by atoms with Crippen LogP contribution >= 0.6 is 0 Å². The molecule has 2 heterocycles. The summed E-state index contributed by atoms with van der Waals surface area (Å²) in [6.07, 6.45) is 0.276. The van der Waals surface area contributed by atoms with Gasteiger partial charge in [0.05, 0.1) is 13.0 Å². The molecule has 2 amide bonds. The number of hydrogen-bond acceptors (Lipinski definition) is 4. The van der Waals surface area contributed by atoms with E-state index in [9.17, 15) is 9.59 Å². The molecule has 92 valence electrons. The van der Waals surface area contributed by atoms with Gasteiger partial charge in [0.1, 0.15) is 5.84 Å². The number of benzene rings is 1. The van der Waals surface area contributed by atoms with Crippen molar-refractivity contribution in [3.05, 3.63) is 34.9 Å². The average Bonchev–Trinajstić information content (AvgIpc) is 2.89. The summed E-state index contributed by atoms with van der Waals surface area (Å²) in [6, 6.07) is 5.53. The fourth-order valence-electron chi connectivity index (χ4n) is 2.26. The first kappa shape index (κ1) is 11.0. The molecule has 1 N–H and O–H groups in total. The third-order valence-corrected chi connectivity index (χ3v) is 3.30. The van der Waals surface area contributed by atoms with E-state index in [2.05, 4.69) is 10.3 Å². The number of imide groups is 1. The molecule has 1 aromatic carbocycles. The summed E-state index contributed by atoms with van der Waals surface area (Å²) in [4.78, 5) is 29.1. The van der Waals surface area contributed by atoms with Crippen molar-refractivity contribution in [1.29, 1.82) is 0 Å². The zero-order valence-corrected chi connectivity index (χ0v) is 10.1. The van der Waals surface area contributed by atoms with Gasteiger partial charge in [-0.2, -0.15) is 0 Å². The molecule has 18 heavy (non-hydrogen) atoms. The lowest BCUT2D eigenvalue weighted by atomic mass is 9.96. The van der Waals surface area contributed by atoms with Crippen LogP contribution in [-0.4, -0.2) is 42.7 Å². The first-order valence-corrected chi connectivity index (χ1v) is 5.89. The maximum Gasteiger partial charge on any atom is 0.260 e. The lowest BCUT2D eigenvalue weighted by Crippen LogP contribution is -2.39. The molecule has 0 atom stereocenters. The summed E-state index contributed by atoms with van der Waals surface area (Å²) in [6.45, 7) is 1.61. The van der Waals surface area contributed by atoms with E-state index in [-0.39, 0.29) is 18.2 Å². The smallest absolute Gasteiger partial charge is 0.260 e. The molecule has 5 nitrogen and oxygen atoms in total. The number of carbonyl (C=O) groups excluding carboxylic acids is 2. The summed E-state index contributed by atoms with van der Waals surface area (Å²) in [5.41, 5.74) is 2.34. The first-order chi connectivity index (χ1) is 8.66. The molecule has 0 bridgehead atoms. The number of likely N-dealkylation sites (N-methyl/N-ethyl adjacent to an activating group) is 1. The van der Waals surface area contributed by atoms with Crippen LogP contribution in [0.4, 0.5) is 0 Å². The van der Waals surface area contributed by atoms with Gasteiger partial charge in [0.25, 0.3) is 5.91 Å². The second kappa shape index (κ2) is 3.94. The lowest BCUT2D eigenvalue weighted by molar-refractivity contribution is -0.127. The van der Waals surface area contributed by atoms with E-state index in [1.165, 1.54) is 11.9 Å². The van der Waals surface area contributed by atoms with Gasteiger partial charge in [-0.3, -0.25) is 19.5 Å². The Hall–Kier alpha value is -2.17. The Bertz CT molecular complexity index is 578. The van der Waals surface area contributed by atoms with Crippen LogP contribution < -0.4 is 5.32 Å². The zero-order chi connectivity index (χ0) is 12.7. The van der Waals surface area contributed by atoms with E-state index in [1.54, 1.807) is 6.07 Å². The van der Waals surface area contributed by atoms with Crippen molar-refractivity contribution in [2.45, 2.75) is 6.42 Å². The molecule has 0 spiro atoms. The Morgan fingerprint density at radius 1 is 1.33 bits per heavy atom. The number of nitrogens with zero attached hydrogens (tertiary/aromatic N) is 2. The van der Waals surface area contributed by atoms with Crippen LogP contribution in [0, 0.1) is 0 Å². The highest BCUT2D eigenvalue weighted by atomic mass is 16.2. The van der Waals surface area contributed by atoms with E-state index in [4.69, 9.17) is 0 Å². The monoisotopic (exact) mass is 243 g/mol. The predicted molar refractivity (Wildman–Crippen MR) is 66.7 cm³/mol. The van der Waals surface area contributed by atoms with E-state index < -0.39 is 0 Å². The van der Waals surface area contributed by atoms with Crippen LogP contribution in [0.5, 0.6) is 0 Å². The number of aliphatic imine (C=N–C) groups is 1. The number of nitrogens with one attached hydrogen (secondary N) is 1. The molecular formula is C13H13N3O2. The van der Waals surface area contributed by atoms with Gasteiger partial charge in [0, 0.05) is 24.7 Å². The Morgan fingerprint density at radius 2 is 2.17 bits per heavy atom. The first-order valence-electron chi connectivity index (χ1n) is 5.89. The van der Waals surface area contributed by atoms with E-state index >= 15 is 0 Å². The molecule has 0 saturated heterocycles. The number of amidine groups is 1. The molecule has 2 aliphatic heterocycles. The molecule has 0 saturated carbocycles. The number of amides is 2. The van der Waals surface area contributed by atoms with Crippen molar-refractivity contribution in [2.75, 3.05) is 20.1 Å². The van der Waals surface area contributed by atoms with Crippen molar-refractivity contribution in [2.24, 2.45) is 4.99 Å². The minimum absolute atomic E-state index is 0.161. The quantitative estimate of drug-likeness (QED) is 0.716. The Balaban J connectivity index is 2.03. The lowest BCUT2D eigenvalue weighted by Gasteiger charge is -2.23. The molecule has 0 unspecified atom stereocenters. The van der Waals surface area contributed by atoms with Gasteiger partial charge in [-0.15, -0.1) is 0 Å². The number of carbonyl (C=O) groups is 2. The van der Waals surface area contributed by atoms with E-state index in [0.29, 0.717) is 5.56 Å². The van der Waals surface area contributed by atoms with Crippen molar-refractivity contribution in [3.8, 4) is 0 Å². The Kier molecular flexibility index (Phi) is 2.40. The largest absolute Gasteiger partial charge is 0.368 e. The van der Waals surface area contributed by atoms with Crippen molar-refractivity contribution >= 4 is 17.6 Å². The second-order valence-electron chi connectivity index (χ2n) is 4.46. The minimum atomic E-state index is -0.228. The fourth-order valence-corrected chi connectivity index (χ4v) is 2.26. The van der Waals surface area contributed by atoms with Gasteiger partial charge in [-0.25, -0.2) is 0 Å². The topological polar surface area (TPSA) is 61.8 Å². The van der Waals surface area contributed by atoms with Gasteiger partial charge in [-0.05, 0) is 17.7 Å². The summed E-state index contributed by atoms with van der Waals surface area (Å²) < 4.78 is 0. The minimum Gasteiger partial charge on any atom is -0.368 e. The summed E-state index contributed by atoms with van der Waals surface area (Å²) in [7, 11) is 1.52. The maximum absolute atomic E-state index is 11.9. The van der Waals surface area contributed by atoms with Crippen molar-refractivity contribution in [1.82, 2.24) is 10.2 Å². The molecule has 0 aliphatic carbocycles. The number of hydrogen-bond donors (Lipinski definition) is 1. The highest BCUT2D eigenvalue weighted by Gasteiger charge is 2.28. The normalized spacial score (nSPS) is 18.5. The third kappa shape index (κ3) is 1.59. The maximum atomic E-state index is 11.9. The summed E-state index contributed by atoms with van der Waals surface area (Å²) in [5, 5.41) is 3.18. The summed E-state index contributed by atoms with van der Waals surface area (Å²) >= 11 is 0. The molecule has 0 fully saturated rings. The van der Waals surface area contributed by atoms with Gasteiger partial charge >= 0.3 is 0 Å².